The van der Waals surface area contributed by atoms with Crippen LogP contribution in [-0.2, 0) is 27.1 Å². The summed E-state index contributed by atoms with van der Waals surface area (Å²) in [5.74, 6) is -0.357. The highest BCUT2D eigenvalue weighted by Crippen LogP contribution is 2.08. The number of benzene rings is 1. The standard InChI is InChI=1S/C15H25N3O3S.ClH/c1-11(2)18-22(20,21)10-14-6-4-13(5-7-14)9-17-15(19)12(3)8-16;/h4-7,11-12,18H,8-10,16H2,1-3H3,(H,17,19);1H. The van der Waals surface area contributed by atoms with Gasteiger partial charge in [0.05, 0.1) is 5.75 Å². The lowest BCUT2D eigenvalue weighted by Crippen LogP contribution is -2.32. The number of nitrogens with one attached hydrogen (secondary N) is 2. The van der Waals surface area contributed by atoms with Crippen molar-refractivity contribution in [2.75, 3.05) is 6.54 Å². The number of rotatable bonds is 8. The number of amides is 1. The number of halogens is 1. The average molecular weight is 364 g/mol. The molecular formula is C15H26ClN3O3S. The lowest BCUT2D eigenvalue weighted by atomic mass is 10.1. The second-order valence-electron chi connectivity index (χ2n) is 5.70. The highest BCUT2D eigenvalue weighted by Gasteiger charge is 2.13. The summed E-state index contributed by atoms with van der Waals surface area (Å²) in [6, 6.07) is 7.02. The maximum atomic E-state index is 11.8. The van der Waals surface area contributed by atoms with Gasteiger partial charge in [0.15, 0.2) is 0 Å². The van der Waals surface area contributed by atoms with Crippen molar-refractivity contribution in [3.63, 3.8) is 0 Å². The van der Waals surface area contributed by atoms with Crippen molar-refractivity contribution < 1.29 is 13.2 Å². The van der Waals surface area contributed by atoms with Gasteiger partial charge >= 0.3 is 0 Å². The smallest absolute Gasteiger partial charge is 0.224 e. The highest BCUT2D eigenvalue weighted by atomic mass is 35.5. The molecule has 6 nitrogen and oxygen atoms in total. The largest absolute Gasteiger partial charge is 0.352 e. The van der Waals surface area contributed by atoms with E-state index in [9.17, 15) is 13.2 Å². The summed E-state index contributed by atoms with van der Waals surface area (Å²) in [7, 11) is -3.32. The van der Waals surface area contributed by atoms with E-state index in [1.54, 1.807) is 32.9 Å². The van der Waals surface area contributed by atoms with Crippen molar-refractivity contribution in [1.29, 1.82) is 0 Å². The van der Waals surface area contributed by atoms with Crippen LogP contribution in [0.15, 0.2) is 24.3 Å². The van der Waals surface area contributed by atoms with Crippen LogP contribution in [-0.4, -0.2) is 26.9 Å². The van der Waals surface area contributed by atoms with Gasteiger partial charge in [-0.2, -0.15) is 0 Å². The van der Waals surface area contributed by atoms with Gasteiger partial charge in [-0.15, -0.1) is 12.4 Å². The Morgan fingerprint density at radius 3 is 2.13 bits per heavy atom. The minimum absolute atomic E-state index is 0. The molecule has 1 atom stereocenters. The third-order valence-corrected chi connectivity index (χ3v) is 4.61. The molecule has 0 spiro atoms. The van der Waals surface area contributed by atoms with Gasteiger partial charge in [0.2, 0.25) is 15.9 Å². The minimum atomic E-state index is -3.32. The summed E-state index contributed by atoms with van der Waals surface area (Å²) in [6.07, 6.45) is 0. The molecule has 0 aliphatic rings. The Labute approximate surface area is 144 Å². The lowest BCUT2D eigenvalue weighted by molar-refractivity contribution is -0.124. The van der Waals surface area contributed by atoms with Crippen LogP contribution >= 0.6 is 12.4 Å². The van der Waals surface area contributed by atoms with Crippen molar-refractivity contribution in [1.82, 2.24) is 10.0 Å². The molecule has 0 aliphatic heterocycles. The van der Waals surface area contributed by atoms with E-state index >= 15 is 0 Å². The van der Waals surface area contributed by atoms with Gasteiger partial charge in [-0.05, 0) is 25.0 Å². The van der Waals surface area contributed by atoms with Crippen LogP contribution in [0.25, 0.3) is 0 Å². The third-order valence-electron chi connectivity index (χ3n) is 3.06. The Hall–Kier alpha value is -1.15. The van der Waals surface area contributed by atoms with Crippen LogP contribution in [0.5, 0.6) is 0 Å². The molecule has 1 aromatic rings. The number of nitrogens with two attached hydrogens (primary N) is 1. The predicted molar refractivity (Wildman–Crippen MR) is 94.7 cm³/mol. The molecule has 0 saturated heterocycles. The van der Waals surface area contributed by atoms with Crippen molar-refractivity contribution >= 4 is 28.3 Å². The quantitative estimate of drug-likeness (QED) is 0.644. The van der Waals surface area contributed by atoms with Gasteiger partial charge in [0.1, 0.15) is 0 Å². The molecule has 132 valence electrons. The molecule has 0 fully saturated rings. The summed E-state index contributed by atoms with van der Waals surface area (Å²) in [5.41, 5.74) is 7.05. The van der Waals surface area contributed by atoms with Crippen molar-refractivity contribution in [3.8, 4) is 0 Å². The van der Waals surface area contributed by atoms with Gasteiger partial charge in [0.25, 0.3) is 0 Å². The summed E-state index contributed by atoms with van der Waals surface area (Å²) >= 11 is 0. The lowest BCUT2D eigenvalue weighted by Gasteiger charge is -2.11. The molecule has 1 amide bonds. The molecule has 0 radical (unpaired) electrons. The van der Waals surface area contributed by atoms with Gasteiger partial charge in [0, 0.05) is 25.0 Å². The Morgan fingerprint density at radius 2 is 1.65 bits per heavy atom. The Kier molecular flexibility index (Phi) is 9.38. The summed E-state index contributed by atoms with van der Waals surface area (Å²) in [5, 5.41) is 2.79. The number of sulfonamides is 1. The first kappa shape index (κ1) is 21.9. The zero-order valence-corrected chi connectivity index (χ0v) is 15.3. The van der Waals surface area contributed by atoms with Crippen LogP contribution < -0.4 is 15.8 Å². The van der Waals surface area contributed by atoms with Crippen LogP contribution in [0.2, 0.25) is 0 Å². The minimum Gasteiger partial charge on any atom is -0.352 e. The maximum absolute atomic E-state index is 11.8. The molecule has 0 bridgehead atoms. The van der Waals surface area contributed by atoms with Crippen molar-refractivity contribution in [2.24, 2.45) is 11.7 Å². The topological polar surface area (TPSA) is 101 Å². The molecule has 23 heavy (non-hydrogen) atoms. The Balaban J connectivity index is 0.00000484. The van der Waals surface area contributed by atoms with Crippen LogP contribution in [0.4, 0.5) is 0 Å². The third kappa shape index (κ3) is 8.31. The van der Waals surface area contributed by atoms with Crippen LogP contribution in [0.1, 0.15) is 31.9 Å². The second kappa shape index (κ2) is 9.87. The van der Waals surface area contributed by atoms with E-state index in [1.165, 1.54) is 0 Å². The number of hydrogen-bond donors (Lipinski definition) is 3. The van der Waals surface area contributed by atoms with Gasteiger partial charge in [-0.25, -0.2) is 13.1 Å². The second-order valence-corrected chi connectivity index (χ2v) is 7.46. The van der Waals surface area contributed by atoms with Crippen LogP contribution in [0, 0.1) is 5.92 Å². The molecule has 0 aliphatic carbocycles. The van der Waals surface area contributed by atoms with E-state index in [2.05, 4.69) is 10.0 Å². The normalized spacial score (nSPS) is 12.6. The summed E-state index contributed by atoms with van der Waals surface area (Å²) in [4.78, 5) is 11.6. The highest BCUT2D eigenvalue weighted by molar-refractivity contribution is 7.88. The summed E-state index contributed by atoms with van der Waals surface area (Å²) < 4.78 is 26.2. The monoisotopic (exact) mass is 363 g/mol. The van der Waals surface area contributed by atoms with E-state index in [1.807, 2.05) is 12.1 Å². The maximum Gasteiger partial charge on any atom is 0.224 e. The van der Waals surface area contributed by atoms with E-state index in [4.69, 9.17) is 5.73 Å². The van der Waals surface area contributed by atoms with Crippen molar-refractivity contribution in [3.05, 3.63) is 35.4 Å². The van der Waals surface area contributed by atoms with Gasteiger partial charge < -0.3 is 11.1 Å². The zero-order valence-electron chi connectivity index (χ0n) is 13.7. The molecule has 0 aromatic heterocycles. The molecule has 0 saturated carbocycles. The first-order valence-electron chi connectivity index (χ1n) is 7.29. The molecule has 1 unspecified atom stereocenters. The first-order valence-corrected chi connectivity index (χ1v) is 8.94. The molecule has 4 N–H and O–H groups in total. The molecular weight excluding hydrogens is 338 g/mol. The predicted octanol–water partition coefficient (Wildman–Crippen LogP) is 1.15. The SMILES string of the molecule is CC(C)NS(=O)(=O)Cc1ccc(CNC(=O)C(C)CN)cc1.Cl. The van der Waals surface area contributed by atoms with Crippen LogP contribution in [0.3, 0.4) is 0 Å². The Morgan fingerprint density at radius 1 is 1.13 bits per heavy atom. The Bertz CT molecular complexity index is 588. The van der Waals surface area contributed by atoms with E-state index < -0.39 is 10.0 Å². The molecule has 0 heterocycles. The van der Waals surface area contributed by atoms with Gasteiger partial charge in [-0.3, -0.25) is 4.79 Å². The zero-order chi connectivity index (χ0) is 16.8. The molecule has 8 heteroatoms. The molecule has 1 rings (SSSR count). The fourth-order valence-electron chi connectivity index (χ4n) is 1.84. The first-order chi connectivity index (χ1) is 10.2. The van der Waals surface area contributed by atoms with Crippen molar-refractivity contribution in [2.45, 2.75) is 39.1 Å². The van der Waals surface area contributed by atoms with E-state index in [0.717, 1.165) is 5.56 Å². The number of carbonyl (C=O) groups excluding carboxylic acids is 1. The van der Waals surface area contributed by atoms with Gasteiger partial charge in [-0.1, -0.05) is 31.2 Å². The number of hydrogen-bond acceptors (Lipinski definition) is 4. The summed E-state index contributed by atoms with van der Waals surface area (Å²) in [6.45, 7) is 6.05. The fourth-order valence-corrected chi connectivity index (χ4v) is 3.28. The van der Waals surface area contributed by atoms with E-state index in [-0.39, 0.29) is 36.0 Å². The fraction of sp³-hybridized carbons (Fsp3) is 0.533. The van der Waals surface area contributed by atoms with E-state index in [0.29, 0.717) is 18.7 Å². The average Bonchev–Trinajstić information content (AvgIpc) is 2.43. The number of carbonyl (C=O) groups is 1. The molecule has 1 aromatic carbocycles.